The predicted octanol–water partition coefficient (Wildman–Crippen LogP) is 2.65. The highest BCUT2D eigenvalue weighted by atomic mass is 127. The minimum Gasteiger partial charge on any atom is -0.403 e. The second-order valence-electron chi connectivity index (χ2n) is 2.45. The van der Waals surface area contributed by atoms with Crippen LogP contribution in [-0.4, -0.2) is 11.3 Å². The Labute approximate surface area is 111 Å². The molecule has 0 aliphatic heterocycles. The van der Waals surface area contributed by atoms with E-state index in [4.69, 9.17) is 5.73 Å². The van der Waals surface area contributed by atoms with Crippen LogP contribution >= 0.6 is 45.2 Å². The fourth-order valence-corrected chi connectivity index (χ4v) is 2.80. The zero-order chi connectivity index (χ0) is 11.6. The van der Waals surface area contributed by atoms with Crippen LogP contribution in [0.15, 0.2) is 6.07 Å². The summed E-state index contributed by atoms with van der Waals surface area (Å²) in [5, 5.41) is 0. The molecule has 0 saturated heterocycles. The molecule has 0 aliphatic carbocycles. The molecular weight excluding hydrogens is 439 g/mol. The van der Waals surface area contributed by atoms with Gasteiger partial charge < -0.3 is 10.5 Å². The molecule has 3 nitrogen and oxygen atoms in total. The lowest BCUT2D eigenvalue weighted by Crippen LogP contribution is -2.20. The van der Waals surface area contributed by atoms with Crippen molar-refractivity contribution in [3.05, 3.63) is 19.0 Å². The number of nitrogens with zero attached hydrogens (tertiary/aromatic N) is 1. The Morgan fingerprint density at radius 1 is 1.40 bits per heavy atom. The highest BCUT2D eigenvalue weighted by Crippen LogP contribution is 2.30. The molecule has 15 heavy (non-hydrogen) atoms. The van der Waals surface area contributed by atoms with Gasteiger partial charge in [0, 0.05) is 6.54 Å². The molecule has 0 saturated carbocycles. The highest BCUT2D eigenvalue weighted by molar-refractivity contribution is 14.1. The van der Waals surface area contributed by atoms with Gasteiger partial charge in [-0.05, 0) is 51.2 Å². The highest BCUT2D eigenvalue weighted by Gasteiger charge is 2.33. The molecule has 0 amide bonds. The molecule has 1 heterocycles. The summed E-state index contributed by atoms with van der Waals surface area (Å²) >= 11 is 3.65. The standard InChI is InChI=1S/C7H5F3I2N2O/c8-7(9,10)15-6-3(11)1-5(12)14-4(6)2-13/h1H,2,13H2. The Morgan fingerprint density at radius 2 is 2.00 bits per heavy atom. The topological polar surface area (TPSA) is 48.1 Å². The maximum Gasteiger partial charge on any atom is 0.573 e. The summed E-state index contributed by atoms with van der Waals surface area (Å²) in [5.41, 5.74) is 5.39. The maximum absolute atomic E-state index is 12.0. The van der Waals surface area contributed by atoms with Crippen LogP contribution in [0.5, 0.6) is 5.75 Å². The molecular formula is C7H5F3I2N2O. The molecule has 0 aromatic carbocycles. The molecule has 1 aromatic rings. The second kappa shape index (κ2) is 4.99. The summed E-state index contributed by atoms with van der Waals surface area (Å²) in [6, 6.07) is 1.49. The number of halogens is 5. The molecule has 0 unspecified atom stereocenters. The zero-order valence-corrected chi connectivity index (χ0v) is 11.4. The first kappa shape index (κ1) is 13.2. The van der Waals surface area contributed by atoms with E-state index in [1.165, 1.54) is 6.07 Å². The number of pyridine rings is 1. The van der Waals surface area contributed by atoms with Crippen molar-refractivity contribution >= 4 is 45.2 Å². The van der Waals surface area contributed by atoms with E-state index in [2.05, 4.69) is 9.72 Å². The van der Waals surface area contributed by atoms with Crippen LogP contribution in [0.25, 0.3) is 0 Å². The third kappa shape index (κ3) is 3.90. The molecule has 0 aliphatic rings. The van der Waals surface area contributed by atoms with Crippen molar-refractivity contribution in [1.82, 2.24) is 4.98 Å². The van der Waals surface area contributed by atoms with Gasteiger partial charge in [-0.1, -0.05) is 0 Å². The van der Waals surface area contributed by atoms with Gasteiger partial charge in [-0.3, -0.25) is 0 Å². The van der Waals surface area contributed by atoms with Crippen LogP contribution in [0.3, 0.4) is 0 Å². The fraction of sp³-hybridized carbons (Fsp3) is 0.286. The first-order chi connectivity index (χ1) is 6.83. The number of rotatable bonds is 2. The third-order valence-corrected chi connectivity index (χ3v) is 2.73. The number of aromatic nitrogens is 1. The second-order valence-corrected chi connectivity index (χ2v) is 4.72. The average molecular weight is 444 g/mol. The van der Waals surface area contributed by atoms with E-state index in [1.54, 1.807) is 22.6 Å². The van der Waals surface area contributed by atoms with Gasteiger partial charge in [-0.25, -0.2) is 4.98 Å². The van der Waals surface area contributed by atoms with E-state index in [1.807, 2.05) is 22.6 Å². The van der Waals surface area contributed by atoms with Crippen molar-refractivity contribution in [1.29, 1.82) is 0 Å². The maximum atomic E-state index is 12.0. The summed E-state index contributed by atoms with van der Waals surface area (Å²) in [6.07, 6.45) is -4.72. The predicted molar refractivity (Wildman–Crippen MR) is 64.2 cm³/mol. The van der Waals surface area contributed by atoms with Crippen LogP contribution < -0.4 is 10.5 Å². The van der Waals surface area contributed by atoms with E-state index in [0.29, 0.717) is 7.27 Å². The van der Waals surface area contributed by atoms with E-state index in [0.717, 1.165) is 0 Å². The molecule has 0 atom stereocenters. The van der Waals surface area contributed by atoms with Gasteiger partial charge in [0.25, 0.3) is 0 Å². The summed E-state index contributed by atoms with van der Waals surface area (Å²) in [5.74, 6) is -0.314. The minimum absolute atomic E-state index is 0.0990. The van der Waals surface area contributed by atoms with Crippen LogP contribution in [0.4, 0.5) is 13.2 Å². The monoisotopic (exact) mass is 444 g/mol. The summed E-state index contributed by atoms with van der Waals surface area (Å²) in [7, 11) is 0. The smallest absolute Gasteiger partial charge is 0.403 e. The van der Waals surface area contributed by atoms with E-state index >= 15 is 0 Å². The molecule has 0 bridgehead atoms. The lowest BCUT2D eigenvalue weighted by atomic mass is 10.3. The van der Waals surface area contributed by atoms with E-state index in [9.17, 15) is 13.2 Å². The van der Waals surface area contributed by atoms with E-state index < -0.39 is 6.36 Å². The summed E-state index contributed by atoms with van der Waals surface area (Å²) < 4.78 is 40.9. The first-order valence-electron chi connectivity index (χ1n) is 3.64. The van der Waals surface area contributed by atoms with Crippen molar-refractivity contribution in [3.8, 4) is 5.75 Å². The van der Waals surface area contributed by atoms with Crippen molar-refractivity contribution in [3.63, 3.8) is 0 Å². The normalized spacial score (nSPS) is 11.6. The molecule has 0 spiro atoms. The number of hydrogen-bond donors (Lipinski definition) is 1. The molecule has 0 radical (unpaired) electrons. The number of nitrogens with two attached hydrogens (primary N) is 1. The lowest BCUT2D eigenvalue weighted by Gasteiger charge is -2.13. The van der Waals surface area contributed by atoms with Crippen LogP contribution in [0.1, 0.15) is 5.69 Å². The minimum atomic E-state index is -4.72. The van der Waals surface area contributed by atoms with Gasteiger partial charge in [0.15, 0.2) is 5.75 Å². The quantitative estimate of drug-likeness (QED) is 0.564. The Morgan fingerprint density at radius 3 is 2.47 bits per heavy atom. The molecule has 2 N–H and O–H groups in total. The Balaban J connectivity index is 3.15. The molecule has 1 rings (SSSR count). The van der Waals surface area contributed by atoms with Crippen molar-refractivity contribution < 1.29 is 17.9 Å². The first-order valence-corrected chi connectivity index (χ1v) is 5.80. The molecule has 1 aromatic heterocycles. The number of hydrogen-bond acceptors (Lipinski definition) is 3. The van der Waals surface area contributed by atoms with Crippen molar-refractivity contribution in [2.45, 2.75) is 12.9 Å². The average Bonchev–Trinajstić information content (AvgIpc) is 2.07. The fourth-order valence-electron chi connectivity index (χ4n) is 0.882. The number of ether oxygens (including phenoxy) is 1. The van der Waals surface area contributed by atoms with Gasteiger partial charge >= 0.3 is 6.36 Å². The number of alkyl halides is 3. The molecule has 8 heteroatoms. The van der Waals surface area contributed by atoms with E-state index in [-0.39, 0.29) is 18.0 Å². The van der Waals surface area contributed by atoms with Crippen LogP contribution in [-0.2, 0) is 6.54 Å². The zero-order valence-electron chi connectivity index (χ0n) is 7.11. The van der Waals surface area contributed by atoms with Crippen molar-refractivity contribution in [2.75, 3.05) is 0 Å². The van der Waals surface area contributed by atoms with Gasteiger partial charge in [0.05, 0.1) is 9.26 Å². The van der Waals surface area contributed by atoms with Crippen LogP contribution in [0, 0.1) is 7.27 Å². The largest absolute Gasteiger partial charge is 0.573 e. The van der Waals surface area contributed by atoms with Gasteiger partial charge in [-0.15, -0.1) is 13.2 Å². The van der Waals surface area contributed by atoms with Crippen LogP contribution in [0.2, 0.25) is 0 Å². The Hall–Kier alpha value is 0.160. The third-order valence-electron chi connectivity index (χ3n) is 1.38. The Kier molecular flexibility index (Phi) is 4.40. The summed E-state index contributed by atoms with van der Waals surface area (Å²) in [4.78, 5) is 3.87. The van der Waals surface area contributed by atoms with Gasteiger partial charge in [-0.2, -0.15) is 0 Å². The Bertz CT molecular complexity index is 370. The van der Waals surface area contributed by atoms with Gasteiger partial charge in [0.2, 0.25) is 0 Å². The summed E-state index contributed by atoms with van der Waals surface area (Å²) in [6.45, 7) is -0.0990. The van der Waals surface area contributed by atoms with Crippen molar-refractivity contribution in [2.24, 2.45) is 5.73 Å². The SMILES string of the molecule is NCc1nc(I)cc(I)c1OC(F)(F)F. The van der Waals surface area contributed by atoms with Gasteiger partial charge in [0.1, 0.15) is 3.70 Å². The lowest BCUT2D eigenvalue weighted by molar-refractivity contribution is -0.275. The molecule has 84 valence electrons. The molecule has 0 fully saturated rings.